The second-order valence-corrected chi connectivity index (χ2v) is 12.0. The SMILES string of the molecule is CCn1cc2c(n1)CC(C)(C)C=C2c1n[nH]c2nc(N3CCC4(CC3)Cc3ccccc3[C@H]4N)[nH]c(=O)c12. The van der Waals surface area contributed by atoms with Crippen LogP contribution in [0.1, 0.15) is 67.7 Å². The lowest BCUT2D eigenvalue weighted by atomic mass is 9.73. The number of fused-ring (bicyclic) bond motifs is 3. The number of aromatic amines is 2. The molecule has 3 aromatic heterocycles. The van der Waals surface area contributed by atoms with E-state index in [2.05, 4.69) is 77.4 Å². The molecule has 0 saturated carbocycles. The minimum atomic E-state index is -0.173. The Morgan fingerprint density at radius 1 is 1.16 bits per heavy atom. The molecule has 0 bridgehead atoms. The van der Waals surface area contributed by atoms with Crippen molar-refractivity contribution < 1.29 is 0 Å². The highest BCUT2D eigenvalue weighted by atomic mass is 16.1. The number of nitrogens with zero attached hydrogens (tertiary/aromatic N) is 5. The zero-order chi connectivity index (χ0) is 26.2. The molecule has 4 N–H and O–H groups in total. The lowest BCUT2D eigenvalue weighted by Crippen LogP contribution is -2.45. The molecule has 0 amide bonds. The lowest BCUT2D eigenvalue weighted by molar-refractivity contribution is 0.187. The van der Waals surface area contributed by atoms with Crippen molar-refractivity contribution in [3.63, 3.8) is 0 Å². The van der Waals surface area contributed by atoms with Gasteiger partial charge in [-0.25, -0.2) is 0 Å². The third-order valence-corrected chi connectivity index (χ3v) is 8.93. The highest BCUT2D eigenvalue weighted by molar-refractivity contribution is 5.94. The number of anilines is 1. The molecule has 0 radical (unpaired) electrons. The second-order valence-electron chi connectivity index (χ2n) is 12.0. The quantitative estimate of drug-likeness (QED) is 0.386. The van der Waals surface area contributed by atoms with Gasteiger partial charge in [-0.15, -0.1) is 0 Å². The Labute approximate surface area is 221 Å². The van der Waals surface area contributed by atoms with Gasteiger partial charge >= 0.3 is 0 Å². The molecule has 38 heavy (non-hydrogen) atoms. The van der Waals surface area contributed by atoms with Crippen molar-refractivity contribution >= 4 is 22.6 Å². The van der Waals surface area contributed by atoms with E-state index in [1.165, 1.54) is 11.1 Å². The van der Waals surface area contributed by atoms with Crippen molar-refractivity contribution in [2.24, 2.45) is 16.6 Å². The zero-order valence-electron chi connectivity index (χ0n) is 22.2. The monoisotopic (exact) mass is 510 g/mol. The Balaban J connectivity index is 1.20. The van der Waals surface area contributed by atoms with Crippen LogP contribution in [0.4, 0.5) is 5.95 Å². The summed E-state index contributed by atoms with van der Waals surface area (Å²) >= 11 is 0. The normalized spacial score (nSPS) is 21.5. The summed E-state index contributed by atoms with van der Waals surface area (Å²) in [6, 6.07) is 8.61. The first-order valence-corrected chi connectivity index (χ1v) is 13.6. The zero-order valence-corrected chi connectivity index (χ0v) is 22.2. The Hall–Kier alpha value is -3.72. The Bertz CT molecular complexity index is 1650. The predicted octanol–water partition coefficient (Wildman–Crippen LogP) is 3.72. The van der Waals surface area contributed by atoms with Gasteiger partial charge in [-0.3, -0.25) is 19.6 Å². The summed E-state index contributed by atoms with van der Waals surface area (Å²) in [7, 11) is 0. The van der Waals surface area contributed by atoms with Gasteiger partial charge in [-0.05, 0) is 48.1 Å². The van der Waals surface area contributed by atoms with Crippen LogP contribution in [0.25, 0.3) is 16.6 Å². The van der Waals surface area contributed by atoms with E-state index in [4.69, 9.17) is 15.8 Å². The summed E-state index contributed by atoms with van der Waals surface area (Å²) in [5, 5.41) is 12.9. The molecule has 1 aromatic carbocycles. The summed E-state index contributed by atoms with van der Waals surface area (Å²) in [5.74, 6) is 0.592. The summed E-state index contributed by atoms with van der Waals surface area (Å²) in [4.78, 5) is 23.6. The highest BCUT2D eigenvalue weighted by Crippen LogP contribution is 2.50. The molecule has 1 saturated heterocycles. The minimum Gasteiger partial charge on any atom is -0.342 e. The predicted molar refractivity (Wildman–Crippen MR) is 148 cm³/mol. The van der Waals surface area contributed by atoms with Gasteiger partial charge in [0.05, 0.1) is 5.69 Å². The van der Waals surface area contributed by atoms with E-state index < -0.39 is 0 Å². The van der Waals surface area contributed by atoms with E-state index in [1.54, 1.807) is 0 Å². The smallest absolute Gasteiger partial charge is 0.264 e. The number of aryl methyl sites for hydroxylation is 1. The Morgan fingerprint density at radius 3 is 2.71 bits per heavy atom. The molecule has 1 aliphatic heterocycles. The van der Waals surface area contributed by atoms with E-state index in [-0.39, 0.29) is 22.4 Å². The first-order chi connectivity index (χ1) is 18.3. The van der Waals surface area contributed by atoms with Crippen LogP contribution in [0, 0.1) is 10.8 Å². The van der Waals surface area contributed by atoms with Crippen LogP contribution >= 0.6 is 0 Å². The third-order valence-electron chi connectivity index (χ3n) is 8.93. The maximum Gasteiger partial charge on any atom is 0.264 e. The Morgan fingerprint density at radius 2 is 1.95 bits per heavy atom. The van der Waals surface area contributed by atoms with E-state index >= 15 is 0 Å². The fraction of sp³-hybridized carbons (Fsp3) is 0.448. The van der Waals surface area contributed by atoms with Gasteiger partial charge < -0.3 is 10.6 Å². The van der Waals surface area contributed by atoms with E-state index in [0.717, 1.165) is 62.1 Å². The number of benzene rings is 1. The number of allylic oxidation sites excluding steroid dienone is 1. The van der Waals surface area contributed by atoms with Crippen molar-refractivity contribution in [3.05, 3.63) is 75.0 Å². The molecule has 7 rings (SSSR count). The van der Waals surface area contributed by atoms with Gasteiger partial charge in [-0.1, -0.05) is 44.2 Å². The average molecular weight is 511 g/mol. The first-order valence-electron chi connectivity index (χ1n) is 13.6. The molecule has 4 aromatic rings. The van der Waals surface area contributed by atoms with Crippen molar-refractivity contribution in [1.29, 1.82) is 0 Å². The number of piperidine rings is 1. The minimum absolute atomic E-state index is 0.0560. The number of aromatic nitrogens is 6. The number of hydrogen-bond acceptors (Lipinski definition) is 6. The largest absolute Gasteiger partial charge is 0.342 e. The highest BCUT2D eigenvalue weighted by Gasteiger charge is 2.46. The van der Waals surface area contributed by atoms with Crippen LogP contribution in [0.2, 0.25) is 0 Å². The van der Waals surface area contributed by atoms with Crippen molar-refractivity contribution in [2.75, 3.05) is 18.0 Å². The molecule has 2 aliphatic carbocycles. The molecular weight excluding hydrogens is 476 g/mol. The summed E-state index contributed by atoms with van der Waals surface area (Å²) < 4.78 is 1.95. The number of H-pyrrole nitrogens is 2. The second kappa shape index (κ2) is 8.14. The standard InChI is InChI=1S/C29H34N8O/c1-4-37-16-20-19(14-28(2,3)15-21(20)35-37)23-22-25(34-33-23)31-27(32-26(22)38)36-11-9-29(10-12-36)13-17-7-5-6-8-18(17)24(29)30/h5-8,14,16,24H,4,9-13,15,30H2,1-3H3,(H2,31,32,33,34,38)/t24-/m1/s1. The number of nitrogens with two attached hydrogens (primary N) is 1. The van der Waals surface area contributed by atoms with Gasteiger partial charge in [0.25, 0.3) is 5.56 Å². The molecule has 196 valence electrons. The van der Waals surface area contributed by atoms with Crippen LogP contribution in [0.3, 0.4) is 0 Å². The topological polar surface area (TPSA) is 122 Å². The molecule has 0 unspecified atom stereocenters. The van der Waals surface area contributed by atoms with E-state index in [1.807, 2.05) is 4.68 Å². The van der Waals surface area contributed by atoms with Crippen molar-refractivity contribution in [1.82, 2.24) is 29.9 Å². The lowest BCUT2D eigenvalue weighted by Gasteiger charge is -2.42. The molecule has 1 spiro atoms. The molecule has 9 nitrogen and oxygen atoms in total. The number of nitrogens with one attached hydrogen (secondary N) is 2. The third kappa shape index (κ3) is 3.48. The van der Waals surface area contributed by atoms with Gasteiger partial charge in [0, 0.05) is 49.4 Å². The van der Waals surface area contributed by atoms with Gasteiger partial charge in [0.15, 0.2) is 5.65 Å². The van der Waals surface area contributed by atoms with Crippen LogP contribution in [-0.4, -0.2) is 43.0 Å². The van der Waals surface area contributed by atoms with Crippen molar-refractivity contribution in [2.45, 2.75) is 59.0 Å². The fourth-order valence-corrected chi connectivity index (χ4v) is 6.87. The molecular formula is C29H34N8O. The van der Waals surface area contributed by atoms with Gasteiger partial charge in [0.2, 0.25) is 5.95 Å². The number of hydrogen-bond donors (Lipinski definition) is 3. The first kappa shape index (κ1) is 23.4. The van der Waals surface area contributed by atoms with Gasteiger partial charge in [-0.2, -0.15) is 15.2 Å². The Kier molecular flexibility index (Phi) is 5.01. The van der Waals surface area contributed by atoms with Crippen LogP contribution in [0.5, 0.6) is 0 Å². The van der Waals surface area contributed by atoms with Crippen LogP contribution < -0.4 is 16.2 Å². The van der Waals surface area contributed by atoms with E-state index in [0.29, 0.717) is 22.7 Å². The summed E-state index contributed by atoms with van der Waals surface area (Å²) in [5.41, 5.74) is 13.4. The maximum atomic E-state index is 13.5. The van der Waals surface area contributed by atoms with Crippen molar-refractivity contribution in [3.8, 4) is 0 Å². The van der Waals surface area contributed by atoms with Crippen LogP contribution in [-0.2, 0) is 19.4 Å². The fourth-order valence-electron chi connectivity index (χ4n) is 6.87. The molecule has 9 heteroatoms. The summed E-state index contributed by atoms with van der Waals surface area (Å²) in [6.07, 6.45) is 8.07. The average Bonchev–Trinajstić information content (AvgIpc) is 3.58. The van der Waals surface area contributed by atoms with Gasteiger partial charge in [0.1, 0.15) is 11.1 Å². The van der Waals surface area contributed by atoms with E-state index in [9.17, 15) is 4.79 Å². The maximum absolute atomic E-state index is 13.5. The van der Waals surface area contributed by atoms with Crippen LogP contribution in [0.15, 0.2) is 41.3 Å². The molecule has 1 fully saturated rings. The number of rotatable bonds is 3. The molecule has 4 heterocycles. The molecule has 3 aliphatic rings. The molecule has 1 atom stereocenters. The summed E-state index contributed by atoms with van der Waals surface area (Å²) in [6.45, 7) is 8.85.